The summed E-state index contributed by atoms with van der Waals surface area (Å²) in [5, 5.41) is 4.00. The van der Waals surface area contributed by atoms with Gasteiger partial charge in [-0.05, 0) is 36.7 Å². The van der Waals surface area contributed by atoms with E-state index >= 15 is 0 Å². The molecule has 2 aliphatic rings. The van der Waals surface area contributed by atoms with E-state index in [1.165, 1.54) is 0 Å². The summed E-state index contributed by atoms with van der Waals surface area (Å²) in [6, 6.07) is 6.03. The van der Waals surface area contributed by atoms with Crippen LogP contribution in [0.25, 0.3) is 0 Å². The Balaban J connectivity index is 1.98. The van der Waals surface area contributed by atoms with Crippen LogP contribution in [0.3, 0.4) is 0 Å². The number of anilines is 1. The predicted molar refractivity (Wildman–Crippen MR) is 63.9 cm³/mol. The molecule has 2 heterocycles. The molecule has 0 spiro atoms. The Kier molecular flexibility index (Phi) is 2.37. The van der Waals surface area contributed by atoms with E-state index in [4.69, 9.17) is 11.6 Å². The second kappa shape index (κ2) is 3.75. The van der Waals surface area contributed by atoms with E-state index in [-0.39, 0.29) is 5.91 Å². The number of fused-ring (bicyclic) bond motifs is 1. The Hall–Kier alpha value is -1.06. The van der Waals surface area contributed by atoms with Crippen LogP contribution >= 0.6 is 11.6 Å². The molecule has 1 fully saturated rings. The number of hydrogen-bond donors (Lipinski definition) is 1. The lowest BCUT2D eigenvalue weighted by Gasteiger charge is -2.24. The summed E-state index contributed by atoms with van der Waals surface area (Å²) in [4.78, 5) is 13.9. The average molecular weight is 237 g/mol. The van der Waals surface area contributed by atoms with Crippen molar-refractivity contribution in [2.24, 2.45) is 0 Å². The molecule has 0 bridgehead atoms. The molecule has 0 saturated carbocycles. The first-order valence-electron chi connectivity index (χ1n) is 5.57. The molecular formula is C12H13ClN2O. The van der Waals surface area contributed by atoms with Crippen LogP contribution in [0.5, 0.6) is 0 Å². The van der Waals surface area contributed by atoms with Crippen LogP contribution in [0.2, 0.25) is 5.02 Å². The van der Waals surface area contributed by atoms with Gasteiger partial charge >= 0.3 is 0 Å². The monoisotopic (exact) mass is 236 g/mol. The maximum absolute atomic E-state index is 12.0. The van der Waals surface area contributed by atoms with Gasteiger partial charge in [0, 0.05) is 17.3 Å². The van der Waals surface area contributed by atoms with Crippen LogP contribution < -0.4 is 10.2 Å². The van der Waals surface area contributed by atoms with Crippen molar-refractivity contribution < 1.29 is 4.79 Å². The van der Waals surface area contributed by atoms with E-state index in [9.17, 15) is 4.79 Å². The molecule has 1 atom stereocenters. The summed E-state index contributed by atoms with van der Waals surface area (Å²) in [6.45, 7) is 1.89. The fourth-order valence-electron chi connectivity index (χ4n) is 2.57. The zero-order chi connectivity index (χ0) is 11.1. The first kappa shape index (κ1) is 10.1. The van der Waals surface area contributed by atoms with E-state index in [1.807, 2.05) is 23.1 Å². The minimum Gasteiger partial charge on any atom is -0.315 e. The standard InChI is InChI=1S/C12H13ClN2O/c13-9-1-2-11-8(5-9)6-12(16)15(11)10-3-4-14-7-10/h1-2,5,10,14H,3-4,6-7H2. The fourth-order valence-corrected chi connectivity index (χ4v) is 2.77. The molecule has 1 saturated heterocycles. The van der Waals surface area contributed by atoms with Crippen molar-refractivity contribution in [3.05, 3.63) is 28.8 Å². The number of nitrogens with one attached hydrogen (secondary N) is 1. The number of carbonyl (C=O) groups is 1. The minimum absolute atomic E-state index is 0.200. The van der Waals surface area contributed by atoms with Crippen LogP contribution in [-0.2, 0) is 11.2 Å². The van der Waals surface area contributed by atoms with Gasteiger partial charge in [0.1, 0.15) is 0 Å². The highest BCUT2D eigenvalue weighted by molar-refractivity contribution is 6.30. The number of amides is 1. The Morgan fingerprint density at radius 2 is 2.31 bits per heavy atom. The van der Waals surface area contributed by atoms with Gasteiger partial charge in [0.2, 0.25) is 5.91 Å². The van der Waals surface area contributed by atoms with Crippen LogP contribution in [0.4, 0.5) is 5.69 Å². The van der Waals surface area contributed by atoms with Crippen molar-refractivity contribution in [3.8, 4) is 0 Å². The summed E-state index contributed by atoms with van der Waals surface area (Å²) in [5.74, 6) is 0.200. The quantitative estimate of drug-likeness (QED) is 0.803. The SMILES string of the molecule is O=C1Cc2cc(Cl)ccc2N1C1CCNC1. The predicted octanol–water partition coefficient (Wildman–Crippen LogP) is 1.59. The highest BCUT2D eigenvalue weighted by Gasteiger charge is 2.34. The Bertz CT molecular complexity index is 441. The van der Waals surface area contributed by atoms with Gasteiger partial charge in [0.05, 0.1) is 12.5 Å². The normalized spacial score (nSPS) is 23.9. The molecular weight excluding hydrogens is 224 g/mol. The van der Waals surface area contributed by atoms with E-state index in [0.29, 0.717) is 17.5 Å². The Morgan fingerprint density at radius 1 is 1.44 bits per heavy atom. The zero-order valence-corrected chi connectivity index (χ0v) is 9.63. The number of nitrogens with zero attached hydrogens (tertiary/aromatic N) is 1. The molecule has 1 unspecified atom stereocenters. The summed E-state index contributed by atoms with van der Waals surface area (Å²) in [6.07, 6.45) is 1.53. The van der Waals surface area contributed by atoms with Crippen molar-refractivity contribution in [2.75, 3.05) is 18.0 Å². The van der Waals surface area contributed by atoms with Crippen molar-refractivity contribution in [1.82, 2.24) is 5.32 Å². The summed E-state index contributed by atoms with van der Waals surface area (Å²) < 4.78 is 0. The lowest BCUT2D eigenvalue weighted by molar-refractivity contribution is -0.117. The highest BCUT2D eigenvalue weighted by Crippen LogP contribution is 2.33. The average Bonchev–Trinajstić information content (AvgIpc) is 2.83. The van der Waals surface area contributed by atoms with Gasteiger partial charge in [-0.1, -0.05) is 11.6 Å². The minimum atomic E-state index is 0.200. The van der Waals surface area contributed by atoms with Gasteiger partial charge in [-0.2, -0.15) is 0 Å². The van der Waals surface area contributed by atoms with Crippen molar-refractivity contribution in [2.45, 2.75) is 18.9 Å². The van der Waals surface area contributed by atoms with Crippen molar-refractivity contribution in [3.63, 3.8) is 0 Å². The van der Waals surface area contributed by atoms with E-state index < -0.39 is 0 Å². The molecule has 84 valence electrons. The van der Waals surface area contributed by atoms with Gasteiger partial charge < -0.3 is 10.2 Å². The summed E-state index contributed by atoms with van der Waals surface area (Å²) in [5.41, 5.74) is 2.10. The second-order valence-electron chi connectivity index (χ2n) is 4.36. The highest BCUT2D eigenvalue weighted by atomic mass is 35.5. The molecule has 3 nitrogen and oxygen atoms in total. The lowest BCUT2D eigenvalue weighted by atomic mass is 10.1. The molecule has 1 aromatic rings. The Labute approximate surface area is 99.4 Å². The van der Waals surface area contributed by atoms with Crippen LogP contribution in [0.15, 0.2) is 18.2 Å². The van der Waals surface area contributed by atoms with Crippen LogP contribution in [-0.4, -0.2) is 25.0 Å². The van der Waals surface area contributed by atoms with Gasteiger partial charge in [-0.15, -0.1) is 0 Å². The van der Waals surface area contributed by atoms with Crippen molar-refractivity contribution >= 4 is 23.2 Å². The number of hydrogen-bond acceptors (Lipinski definition) is 2. The van der Waals surface area contributed by atoms with E-state index in [2.05, 4.69) is 5.32 Å². The molecule has 0 radical (unpaired) electrons. The van der Waals surface area contributed by atoms with Gasteiger partial charge in [0.25, 0.3) is 0 Å². The number of carbonyl (C=O) groups excluding carboxylic acids is 1. The molecule has 1 N–H and O–H groups in total. The lowest BCUT2D eigenvalue weighted by Crippen LogP contribution is -2.39. The first-order chi connectivity index (χ1) is 7.75. The third kappa shape index (κ3) is 1.51. The van der Waals surface area contributed by atoms with Gasteiger partial charge in [-0.3, -0.25) is 4.79 Å². The summed E-state index contributed by atoms with van der Waals surface area (Å²) in [7, 11) is 0. The second-order valence-corrected chi connectivity index (χ2v) is 4.80. The molecule has 1 amide bonds. The molecule has 3 rings (SSSR count). The smallest absolute Gasteiger partial charge is 0.231 e. The molecule has 4 heteroatoms. The largest absolute Gasteiger partial charge is 0.315 e. The first-order valence-corrected chi connectivity index (χ1v) is 5.95. The maximum Gasteiger partial charge on any atom is 0.231 e. The Morgan fingerprint density at radius 3 is 3.06 bits per heavy atom. The topological polar surface area (TPSA) is 32.3 Å². The summed E-state index contributed by atoms with van der Waals surface area (Å²) >= 11 is 5.94. The molecule has 16 heavy (non-hydrogen) atoms. The molecule has 1 aromatic carbocycles. The number of benzene rings is 1. The number of rotatable bonds is 1. The molecule has 2 aliphatic heterocycles. The van der Waals surface area contributed by atoms with Gasteiger partial charge in [-0.25, -0.2) is 0 Å². The third-order valence-electron chi connectivity index (χ3n) is 3.31. The molecule has 0 aliphatic carbocycles. The fraction of sp³-hybridized carbons (Fsp3) is 0.417. The third-order valence-corrected chi connectivity index (χ3v) is 3.55. The molecule has 0 aromatic heterocycles. The van der Waals surface area contributed by atoms with E-state index in [0.717, 1.165) is 30.8 Å². The van der Waals surface area contributed by atoms with Crippen molar-refractivity contribution in [1.29, 1.82) is 0 Å². The van der Waals surface area contributed by atoms with Crippen LogP contribution in [0, 0.1) is 0 Å². The zero-order valence-electron chi connectivity index (χ0n) is 8.87. The van der Waals surface area contributed by atoms with Gasteiger partial charge in [0.15, 0.2) is 0 Å². The number of halogens is 1. The van der Waals surface area contributed by atoms with Crippen LogP contribution in [0.1, 0.15) is 12.0 Å². The maximum atomic E-state index is 12.0. The van der Waals surface area contributed by atoms with E-state index in [1.54, 1.807) is 0 Å².